The van der Waals surface area contributed by atoms with Gasteiger partial charge in [-0.05, 0) is 26.7 Å². The summed E-state index contributed by atoms with van der Waals surface area (Å²) in [5.74, 6) is -1.81. The van der Waals surface area contributed by atoms with Crippen LogP contribution in [0, 0.1) is 6.92 Å². The van der Waals surface area contributed by atoms with Crippen LogP contribution in [-0.2, 0) is 15.8 Å². The van der Waals surface area contributed by atoms with Crippen molar-refractivity contribution in [3.8, 4) is 23.0 Å². The second-order valence-corrected chi connectivity index (χ2v) is 6.68. The highest BCUT2D eigenvalue weighted by molar-refractivity contribution is 7.45. The molecule has 0 aliphatic rings. The third kappa shape index (κ3) is 5.66. The van der Waals surface area contributed by atoms with Gasteiger partial charge in [0.15, 0.2) is 11.5 Å². The molecule has 0 bridgehead atoms. The van der Waals surface area contributed by atoms with Crippen molar-refractivity contribution in [1.82, 2.24) is 0 Å². The predicted octanol–water partition coefficient (Wildman–Crippen LogP) is 1.91. The molecule has 0 aliphatic heterocycles. The van der Waals surface area contributed by atoms with Crippen LogP contribution in [-0.4, -0.2) is 35.3 Å². The van der Waals surface area contributed by atoms with Crippen molar-refractivity contribution in [2.24, 2.45) is 0 Å². The number of ether oxygens (including phenoxy) is 2. The van der Waals surface area contributed by atoms with E-state index in [1.165, 1.54) is 21.1 Å². The molecule has 3 N–H and O–H groups in total. The molecule has 1 aromatic carbocycles. The molecule has 0 spiro atoms. The Hall–Kier alpha value is -2.22. The van der Waals surface area contributed by atoms with E-state index in [0.29, 0.717) is 12.0 Å². The van der Waals surface area contributed by atoms with E-state index in [-0.39, 0.29) is 41.4 Å². The van der Waals surface area contributed by atoms with E-state index in [4.69, 9.17) is 19.5 Å². The second kappa shape index (κ2) is 8.93. The van der Waals surface area contributed by atoms with Crippen LogP contribution in [0.4, 0.5) is 0 Å². The maximum absolute atomic E-state index is 11.2. The number of phosphoric ester groups is 1. The fraction of sp³-hybridized carbons (Fsp3) is 0.438. The first-order valence-corrected chi connectivity index (χ1v) is 9.08. The highest BCUT2D eigenvalue weighted by Gasteiger charge is 2.26. The van der Waals surface area contributed by atoms with Crippen LogP contribution in [0.1, 0.15) is 30.9 Å². The Labute approximate surface area is 151 Å². The molecule has 0 heterocycles. The van der Waals surface area contributed by atoms with Gasteiger partial charge in [-0.15, -0.1) is 0 Å². The SMILES string of the molecule is COc1c(O)c(C/C=C(\C)CCC(=O)O)c(C)c(OP(=O)([O-])O)c1OC. The quantitative estimate of drug-likeness (QED) is 0.426. The van der Waals surface area contributed by atoms with Crippen molar-refractivity contribution in [2.45, 2.75) is 33.1 Å². The molecule has 0 saturated heterocycles. The molecule has 0 aromatic heterocycles. The Bertz CT molecular complexity index is 749. The summed E-state index contributed by atoms with van der Waals surface area (Å²) in [4.78, 5) is 30.8. The third-order valence-corrected chi connectivity index (χ3v) is 4.12. The molecule has 10 heteroatoms. The van der Waals surface area contributed by atoms with Gasteiger partial charge in [-0.2, -0.15) is 0 Å². The zero-order valence-corrected chi connectivity index (χ0v) is 15.8. The molecular weight excluding hydrogens is 367 g/mol. The highest BCUT2D eigenvalue weighted by atomic mass is 31.2. The van der Waals surface area contributed by atoms with Crippen LogP contribution in [0.15, 0.2) is 11.6 Å². The summed E-state index contributed by atoms with van der Waals surface area (Å²) in [6, 6.07) is 0. The Morgan fingerprint density at radius 1 is 1.19 bits per heavy atom. The number of benzene rings is 1. The van der Waals surface area contributed by atoms with E-state index < -0.39 is 13.8 Å². The number of carboxylic acid groups (broad SMARTS) is 1. The molecule has 146 valence electrons. The van der Waals surface area contributed by atoms with Crippen LogP contribution < -0.4 is 18.9 Å². The number of phosphoric acid groups is 1. The third-order valence-electron chi connectivity index (χ3n) is 3.71. The van der Waals surface area contributed by atoms with Gasteiger partial charge < -0.3 is 34.0 Å². The fourth-order valence-electron chi connectivity index (χ4n) is 2.36. The van der Waals surface area contributed by atoms with Gasteiger partial charge in [-0.3, -0.25) is 9.36 Å². The van der Waals surface area contributed by atoms with E-state index >= 15 is 0 Å². The van der Waals surface area contributed by atoms with Crippen LogP contribution in [0.3, 0.4) is 0 Å². The van der Waals surface area contributed by atoms with Crippen molar-refractivity contribution in [1.29, 1.82) is 0 Å². The Morgan fingerprint density at radius 2 is 1.77 bits per heavy atom. The lowest BCUT2D eigenvalue weighted by atomic mass is 9.99. The number of hydrogen-bond donors (Lipinski definition) is 3. The summed E-state index contributed by atoms with van der Waals surface area (Å²) in [7, 11) is -2.64. The fourth-order valence-corrected chi connectivity index (χ4v) is 2.82. The van der Waals surface area contributed by atoms with Crippen LogP contribution in [0.5, 0.6) is 23.0 Å². The largest absolute Gasteiger partial charge is 0.746 e. The average Bonchev–Trinajstić information content (AvgIpc) is 2.53. The summed E-state index contributed by atoms with van der Waals surface area (Å²) in [5.41, 5.74) is 1.30. The van der Waals surface area contributed by atoms with Crippen molar-refractivity contribution >= 4 is 13.8 Å². The van der Waals surface area contributed by atoms with Crippen LogP contribution >= 0.6 is 7.82 Å². The number of carboxylic acids is 1. The highest BCUT2D eigenvalue weighted by Crippen LogP contribution is 2.52. The smallest absolute Gasteiger partial charge is 0.317 e. The van der Waals surface area contributed by atoms with Crippen molar-refractivity contribution < 1.29 is 43.4 Å². The molecule has 0 radical (unpaired) electrons. The van der Waals surface area contributed by atoms with Gasteiger partial charge in [-0.1, -0.05) is 11.6 Å². The normalized spacial score (nSPS) is 13.8. The lowest BCUT2D eigenvalue weighted by Crippen LogP contribution is -2.09. The molecule has 0 saturated carbocycles. The summed E-state index contributed by atoms with van der Waals surface area (Å²) >= 11 is 0. The molecule has 0 fully saturated rings. The zero-order chi connectivity index (χ0) is 20.1. The Balaban J connectivity index is 3.39. The first-order valence-electron chi connectivity index (χ1n) is 7.59. The number of methoxy groups -OCH3 is 2. The van der Waals surface area contributed by atoms with Gasteiger partial charge in [0.25, 0.3) is 0 Å². The number of aliphatic carboxylic acids is 1. The molecule has 0 amide bonds. The molecular formula is C16H22O9P-. The van der Waals surface area contributed by atoms with Gasteiger partial charge >= 0.3 is 13.8 Å². The lowest BCUT2D eigenvalue weighted by Gasteiger charge is -2.24. The zero-order valence-electron chi connectivity index (χ0n) is 14.9. The minimum Gasteiger partial charge on any atom is -0.746 e. The van der Waals surface area contributed by atoms with Crippen molar-refractivity contribution in [3.05, 3.63) is 22.8 Å². The lowest BCUT2D eigenvalue weighted by molar-refractivity contribution is -0.211. The number of hydrogen-bond acceptors (Lipinski definition) is 7. The van der Waals surface area contributed by atoms with Gasteiger partial charge in [-0.25, -0.2) is 0 Å². The first kappa shape index (κ1) is 21.8. The second-order valence-electron chi connectivity index (χ2n) is 5.56. The van der Waals surface area contributed by atoms with Crippen LogP contribution in [0.25, 0.3) is 0 Å². The van der Waals surface area contributed by atoms with Crippen LogP contribution in [0.2, 0.25) is 0 Å². The minimum absolute atomic E-state index is 0.0303. The van der Waals surface area contributed by atoms with Crippen molar-refractivity contribution in [2.75, 3.05) is 14.2 Å². The van der Waals surface area contributed by atoms with Gasteiger partial charge in [0.1, 0.15) is 0 Å². The Morgan fingerprint density at radius 3 is 2.23 bits per heavy atom. The maximum atomic E-state index is 11.2. The number of allylic oxidation sites excluding steroid dienone is 2. The van der Waals surface area contributed by atoms with Gasteiger partial charge in [0.05, 0.1) is 14.2 Å². The Kier molecular flexibility index (Phi) is 7.50. The number of phenolic OH excluding ortho intramolecular Hbond substituents is 1. The monoisotopic (exact) mass is 389 g/mol. The number of rotatable bonds is 9. The molecule has 1 atom stereocenters. The van der Waals surface area contributed by atoms with E-state index in [1.54, 1.807) is 13.0 Å². The predicted molar refractivity (Wildman–Crippen MR) is 90.7 cm³/mol. The van der Waals surface area contributed by atoms with E-state index in [9.17, 15) is 19.4 Å². The van der Waals surface area contributed by atoms with E-state index in [1.807, 2.05) is 0 Å². The standard InChI is InChI=1S/C16H23O9P/c1-9(6-8-12(17)18)5-7-11-10(2)14(25-26(20,21)22)16(24-4)15(23-3)13(11)19/h5,19H,6-8H2,1-4H3,(H,17,18)(H2,20,21,22)/p-1/b9-5+. The maximum Gasteiger partial charge on any atom is 0.317 e. The molecule has 1 unspecified atom stereocenters. The topological polar surface area (TPSA) is 146 Å². The summed E-state index contributed by atoms with van der Waals surface area (Å²) in [6.45, 7) is 3.23. The minimum atomic E-state index is -5.13. The first-order chi connectivity index (χ1) is 12.0. The summed E-state index contributed by atoms with van der Waals surface area (Å²) in [5, 5.41) is 19.2. The average molecular weight is 389 g/mol. The molecule has 9 nitrogen and oxygen atoms in total. The molecule has 26 heavy (non-hydrogen) atoms. The molecule has 1 rings (SSSR count). The number of aromatic hydroxyl groups is 1. The number of phenols is 1. The summed E-state index contributed by atoms with van der Waals surface area (Å²) in [6.07, 6.45) is 2.17. The molecule has 1 aromatic rings. The van der Waals surface area contributed by atoms with Gasteiger partial charge in [0, 0.05) is 17.5 Å². The summed E-state index contributed by atoms with van der Waals surface area (Å²) < 4.78 is 25.9. The van der Waals surface area contributed by atoms with E-state index in [2.05, 4.69) is 4.52 Å². The number of carbonyl (C=O) groups is 1. The van der Waals surface area contributed by atoms with Crippen molar-refractivity contribution in [3.63, 3.8) is 0 Å². The van der Waals surface area contributed by atoms with Gasteiger partial charge in [0.2, 0.25) is 11.5 Å². The van der Waals surface area contributed by atoms with E-state index in [0.717, 1.165) is 5.57 Å². The molecule has 0 aliphatic carbocycles.